The molecular formula is C28H24N6O3S. The van der Waals surface area contributed by atoms with Crippen molar-refractivity contribution in [2.45, 2.75) is 18.9 Å². The zero-order valence-electron chi connectivity index (χ0n) is 20.4. The highest BCUT2D eigenvalue weighted by Crippen LogP contribution is 2.46. The molecule has 0 saturated carbocycles. The van der Waals surface area contributed by atoms with Crippen molar-refractivity contribution in [3.8, 4) is 11.1 Å². The van der Waals surface area contributed by atoms with Gasteiger partial charge >= 0.3 is 6.03 Å². The van der Waals surface area contributed by atoms with Crippen LogP contribution in [0.1, 0.15) is 22.5 Å². The molecule has 9 nitrogen and oxygen atoms in total. The van der Waals surface area contributed by atoms with Crippen molar-refractivity contribution in [1.29, 1.82) is 0 Å². The quantitative estimate of drug-likeness (QED) is 0.359. The number of urea groups is 1. The van der Waals surface area contributed by atoms with E-state index < -0.39 is 0 Å². The number of anilines is 3. The molecule has 0 spiro atoms. The summed E-state index contributed by atoms with van der Waals surface area (Å²) in [6.45, 7) is 4.63. The number of pyridine rings is 2. The van der Waals surface area contributed by atoms with E-state index in [0.717, 1.165) is 29.4 Å². The fraction of sp³-hybridized carbons (Fsp3) is 0.179. The lowest BCUT2D eigenvalue weighted by molar-refractivity contribution is -0.127. The molecule has 0 aliphatic carbocycles. The minimum absolute atomic E-state index is 0.144. The lowest BCUT2D eigenvalue weighted by Crippen LogP contribution is -2.49. The van der Waals surface area contributed by atoms with Crippen LogP contribution >= 0.6 is 11.3 Å². The summed E-state index contributed by atoms with van der Waals surface area (Å²) in [5.74, 6) is -0.436. The monoisotopic (exact) mass is 524 g/mol. The van der Waals surface area contributed by atoms with Gasteiger partial charge in [-0.2, -0.15) is 0 Å². The molecule has 0 radical (unpaired) electrons. The summed E-state index contributed by atoms with van der Waals surface area (Å²) in [6, 6.07) is 12.8. The highest BCUT2D eigenvalue weighted by molar-refractivity contribution is 7.21. The van der Waals surface area contributed by atoms with Gasteiger partial charge in [0.2, 0.25) is 5.91 Å². The van der Waals surface area contributed by atoms with E-state index in [1.807, 2.05) is 36.4 Å². The van der Waals surface area contributed by atoms with Crippen LogP contribution in [0, 0.1) is 0 Å². The summed E-state index contributed by atoms with van der Waals surface area (Å²) >= 11 is 1.24. The number of rotatable bonds is 5. The lowest BCUT2D eigenvalue weighted by Gasteiger charge is -2.32. The Balaban J connectivity index is 1.33. The molecule has 2 aliphatic heterocycles. The molecular weight excluding hydrogens is 500 g/mol. The molecule has 10 heteroatoms. The van der Waals surface area contributed by atoms with Crippen LogP contribution in [0.2, 0.25) is 0 Å². The number of nitrogens with zero attached hydrogens (tertiary/aromatic N) is 4. The van der Waals surface area contributed by atoms with Crippen molar-refractivity contribution < 1.29 is 14.4 Å². The zero-order valence-corrected chi connectivity index (χ0v) is 21.2. The largest absolute Gasteiger partial charge is 0.347 e. The topological polar surface area (TPSA) is 108 Å². The van der Waals surface area contributed by atoms with E-state index in [1.54, 1.807) is 34.5 Å². The second-order valence-corrected chi connectivity index (χ2v) is 10.2. The first kappa shape index (κ1) is 23.8. The van der Waals surface area contributed by atoms with Gasteiger partial charge in [0.25, 0.3) is 5.91 Å². The van der Waals surface area contributed by atoms with Gasteiger partial charge < -0.3 is 15.5 Å². The Kier molecular flexibility index (Phi) is 6.09. The maximum absolute atomic E-state index is 13.5. The number of likely N-dealkylation sites (tertiary alicyclic amines) is 1. The van der Waals surface area contributed by atoms with E-state index in [4.69, 9.17) is 0 Å². The summed E-state index contributed by atoms with van der Waals surface area (Å²) in [6.07, 6.45) is 8.00. The molecule has 2 N–H and O–H groups in total. The Morgan fingerprint density at radius 2 is 2.03 bits per heavy atom. The fourth-order valence-corrected chi connectivity index (χ4v) is 6.06. The summed E-state index contributed by atoms with van der Waals surface area (Å²) in [5.41, 5.74) is 3.69. The molecule has 1 saturated heterocycles. The molecule has 1 atom stereocenters. The number of nitrogens with one attached hydrogen (secondary N) is 2. The molecule has 1 fully saturated rings. The maximum atomic E-state index is 13.5. The molecule has 38 heavy (non-hydrogen) atoms. The summed E-state index contributed by atoms with van der Waals surface area (Å²) in [4.78, 5) is 51.9. The highest BCUT2D eigenvalue weighted by Gasteiger charge is 2.33. The average molecular weight is 525 g/mol. The molecule has 6 rings (SSSR count). The Hall–Kier alpha value is -4.57. The van der Waals surface area contributed by atoms with Crippen LogP contribution in [0.4, 0.5) is 21.9 Å². The third-order valence-corrected chi connectivity index (χ3v) is 7.89. The SMILES string of the molecule is C=CC(=O)N1CCCC(NC(=O)c2sc3nccc4c3c2NC(=O)N4c2cccc(-c3cccnc3)c2)C1. The van der Waals surface area contributed by atoms with Crippen LogP contribution in [-0.2, 0) is 4.79 Å². The fourth-order valence-electron chi connectivity index (χ4n) is 5.03. The maximum Gasteiger partial charge on any atom is 0.331 e. The van der Waals surface area contributed by atoms with Gasteiger partial charge in [-0.1, -0.05) is 24.8 Å². The number of piperidine rings is 1. The number of amides is 4. The number of hydrogen-bond acceptors (Lipinski definition) is 6. The Labute approximate surface area is 222 Å². The minimum atomic E-state index is -0.360. The van der Waals surface area contributed by atoms with Crippen molar-refractivity contribution in [2.75, 3.05) is 23.3 Å². The first-order chi connectivity index (χ1) is 18.5. The van der Waals surface area contributed by atoms with Gasteiger partial charge in [0.1, 0.15) is 9.71 Å². The van der Waals surface area contributed by atoms with Crippen molar-refractivity contribution in [2.24, 2.45) is 0 Å². The molecule has 4 aromatic rings. The Morgan fingerprint density at radius 3 is 2.84 bits per heavy atom. The van der Waals surface area contributed by atoms with Crippen LogP contribution in [0.25, 0.3) is 21.3 Å². The number of benzene rings is 1. The van der Waals surface area contributed by atoms with Crippen molar-refractivity contribution in [3.63, 3.8) is 0 Å². The molecule has 5 heterocycles. The van der Waals surface area contributed by atoms with Gasteiger partial charge in [-0.05, 0) is 48.7 Å². The molecule has 0 bridgehead atoms. The average Bonchev–Trinajstić information content (AvgIpc) is 3.33. The Bertz CT molecular complexity index is 1580. The predicted molar refractivity (Wildman–Crippen MR) is 148 cm³/mol. The molecule has 1 aromatic carbocycles. The molecule has 2 aliphatic rings. The van der Waals surface area contributed by atoms with Crippen molar-refractivity contribution in [3.05, 3.63) is 78.6 Å². The normalized spacial score (nSPS) is 16.7. The second-order valence-electron chi connectivity index (χ2n) is 9.17. The van der Waals surface area contributed by atoms with E-state index >= 15 is 0 Å². The number of hydrogen-bond donors (Lipinski definition) is 2. The van der Waals surface area contributed by atoms with Gasteiger partial charge in [0.15, 0.2) is 0 Å². The van der Waals surface area contributed by atoms with Crippen molar-refractivity contribution >= 4 is 56.5 Å². The van der Waals surface area contributed by atoms with Gasteiger partial charge in [-0.25, -0.2) is 9.78 Å². The first-order valence-electron chi connectivity index (χ1n) is 12.3. The van der Waals surface area contributed by atoms with E-state index in [1.165, 1.54) is 17.4 Å². The Morgan fingerprint density at radius 1 is 1.16 bits per heavy atom. The van der Waals surface area contributed by atoms with E-state index in [2.05, 4.69) is 27.2 Å². The standard InChI is InChI=1S/C28H24N6O3S/c1-2-22(35)33-13-5-8-19(16-33)31-26(36)25-24-23-21(10-12-30-27(23)38-25)34(28(37)32-24)20-9-3-6-17(14-20)18-7-4-11-29-15-18/h2-4,6-7,9-12,14-15,19H,1,5,8,13,16H2,(H,31,36)(H,32,37). The van der Waals surface area contributed by atoms with Crippen LogP contribution in [0.15, 0.2) is 73.7 Å². The van der Waals surface area contributed by atoms with E-state index in [9.17, 15) is 14.4 Å². The minimum Gasteiger partial charge on any atom is -0.347 e. The third kappa shape index (κ3) is 4.18. The first-order valence-corrected chi connectivity index (χ1v) is 13.1. The molecule has 4 amide bonds. The molecule has 190 valence electrons. The van der Waals surface area contributed by atoms with Gasteiger partial charge in [-0.15, -0.1) is 11.3 Å². The summed E-state index contributed by atoms with van der Waals surface area (Å²) in [7, 11) is 0. The number of carbonyl (C=O) groups excluding carboxylic acids is 3. The van der Waals surface area contributed by atoms with Gasteiger partial charge in [-0.3, -0.25) is 19.5 Å². The smallest absolute Gasteiger partial charge is 0.331 e. The highest BCUT2D eigenvalue weighted by atomic mass is 32.1. The lowest BCUT2D eigenvalue weighted by atomic mass is 10.0. The number of carbonyl (C=O) groups is 3. The summed E-state index contributed by atoms with van der Waals surface area (Å²) in [5, 5.41) is 6.72. The van der Waals surface area contributed by atoms with Crippen LogP contribution in [-0.4, -0.2) is 51.8 Å². The number of thiophene rings is 1. The molecule has 3 aromatic heterocycles. The number of aromatic nitrogens is 2. The van der Waals surface area contributed by atoms with Crippen LogP contribution in [0.3, 0.4) is 0 Å². The van der Waals surface area contributed by atoms with Crippen molar-refractivity contribution in [1.82, 2.24) is 20.2 Å². The molecule has 1 unspecified atom stereocenters. The zero-order chi connectivity index (χ0) is 26.2. The van der Waals surface area contributed by atoms with Gasteiger partial charge in [0, 0.05) is 43.3 Å². The van der Waals surface area contributed by atoms with E-state index in [0.29, 0.717) is 39.9 Å². The predicted octanol–water partition coefficient (Wildman–Crippen LogP) is 4.95. The third-order valence-electron chi connectivity index (χ3n) is 6.79. The van der Waals surface area contributed by atoms with Crippen LogP contribution < -0.4 is 15.5 Å². The van der Waals surface area contributed by atoms with E-state index in [-0.39, 0.29) is 23.9 Å². The van der Waals surface area contributed by atoms with Crippen LogP contribution in [0.5, 0.6) is 0 Å². The van der Waals surface area contributed by atoms with Gasteiger partial charge in [0.05, 0.1) is 22.4 Å². The second kappa shape index (κ2) is 9.71. The summed E-state index contributed by atoms with van der Waals surface area (Å²) < 4.78 is 0.